The first-order valence-electron chi connectivity index (χ1n) is 10.7. The minimum atomic E-state index is -4.46. The van der Waals surface area contributed by atoms with E-state index in [-0.39, 0.29) is 47.9 Å². The van der Waals surface area contributed by atoms with Crippen LogP contribution in [-0.4, -0.2) is 69.0 Å². The zero-order valence-corrected chi connectivity index (χ0v) is 20.6. The summed E-state index contributed by atoms with van der Waals surface area (Å²) < 4.78 is 25.9. The minimum absolute atomic E-state index is 0.0294. The quantitative estimate of drug-likeness (QED) is 0.246. The molecule has 0 amide bonds. The first kappa shape index (κ1) is 26.2. The number of rotatable bonds is 9. The standard InChI is InChI=1S/C19H31ClN5O7P/c1-5-18(4,32-33(29,30)19(28,6-2)7-3)8-10-12(26)13(27)16(31-10)25-9-22-11-14(20)23-17(21)24-15(11)25/h9-10,12-13,16,26-28H,5-8H2,1-4H3,(H,29,30)(H2,21,23,24)/t10?,12?,13-,16-,18?/m1/s1. The Morgan fingerprint density at radius 2 is 1.88 bits per heavy atom. The summed E-state index contributed by atoms with van der Waals surface area (Å²) in [5, 5.41) is 30.1. The summed E-state index contributed by atoms with van der Waals surface area (Å²) in [6.07, 6.45) is -3.10. The van der Waals surface area contributed by atoms with Gasteiger partial charge in [-0.05, 0) is 26.2 Å². The van der Waals surface area contributed by atoms with E-state index in [0.29, 0.717) is 0 Å². The van der Waals surface area contributed by atoms with Gasteiger partial charge < -0.3 is 35.2 Å². The molecule has 0 bridgehead atoms. The van der Waals surface area contributed by atoms with E-state index in [1.807, 2.05) is 0 Å². The molecule has 0 aliphatic carbocycles. The van der Waals surface area contributed by atoms with Crippen molar-refractivity contribution in [3.8, 4) is 0 Å². The molecule has 14 heteroatoms. The number of hydrogen-bond donors (Lipinski definition) is 5. The molecule has 12 nitrogen and oxygen atoms in total. The lowest BCUT2D eigenvalue weighted by Gasteiger charge is -2.38. The molecule has 1 aliphatic heterocycles. The van der Waals surface area contributed by atoms with Crippen molar-refractivity contribution in [2.45, 2.75) is 88.9 Å². The second-order valence-corrected chi connectivity index (χ2v) is 11.0. The van der Waals surface area contributed by atoms with Gasteiger partial charge in [-0.15, -0.1) is 0 Å². The maximum Gasteiger partial charge on any atom is 0.359 e. The first-order valence-corrected chi connectivity index (χ1v) is 12.7. The van der Waals surface area contributed by atoms with E-state index < -0.39 is 43.1 Å². The van der Waals surface area contributed by atoms with Crippen molar-refractivity contribution in [1.29, 1.82) is 0 Å². The van der Waals surface area contributed by atoms with E-state index in [1.54, 1.807) is 27.7 Å². The van der Waals surface area contributed by atoms with E-state index in [4.69, 9.17) is 26.6 Å². The smallest absolute Gasteiger partial charge is 0.359 e. The van der Waals surface area contributed by atoms with E-state index >= 15 is 0 Å². The van der Waals surface area contributed by atoms with Gasteiger partial charge in [0.2, 0.25) is 5.95 Å². The molecule has 0 aromatic carbocycles. The van der Waals surface area contributed by atoms with Crippen molar-refractivity contribution in [3.05, 3.63) is 11.5 Å². The normalized spacial score (nSPS) is 27.5. The van der Waals surface area contributed by atoms with Crippen LogP contribution in [0.2, 0.25) is 5.15 Å². The fraction of sp³-hybridized carbons (Fsp3) is 0.737. The third-order valence-corrected chi connectivity index (χ3v) is 9.03. The number of aliphatic hydroxyl groups excluding tert-OH is 2. The van der Waals surface area contributed by atoms with E-state index in [2.05, 4.69) is 15.0 Å². The molecule has 2 aromatic heterocycles. The number of halogens is 1. The number of fused-ring (bicyclic) bond motifs is 1. The van der Waals surface area contributed by atoms with Gasteiger partial charge >= 0.3 is 7.60 Å². The lowest BCUT2D eigenvalue weighted by molar-refractivity contribution is -0.0696. The third kappa shape index (κ3) is 4.76. The molecule has 0 saturated carbocycles. The second kappa shape index (κ2) is 9.35. The van der Waals surface area contributed by atoms with Crippen LogP contribution in [0.5, 0.6) is 0 Å². The summed E-state index contributed by atoms with van der Waals surface area (Å²) in [6, 6.07) is 0. The summed E-state index contributed by atoms with van der Waals surface area (Å²) in [4.78, 5) is 22.6. The molecular weight excluding hydrogens is 477 g/mol. The Balaban J connectivity index is 1.86. The molecule has 1 aliphatic rings. The summed E-state index contributed by atoms with van der Waals surface area (Å²) in [6.45, 7) is 6.54. The molecule has 0 spiro atoms. The third-order valence-electron chi connectivity index (χ3n) is 6.39. The van der Waals surface area contributed by atoms with Crippen molar-refractivity contribution in [2.24, 2.45) is 0 Å². The molecule has 6 N–H and O–H groups in total. The van der Waals surface area contributed by atoms with Gasteiger partial charge in [0.05, 0.1) is 18.0 Å². The average molecular weight is 508 g/mol. The highest BCUT2D eigenvalue weighted by molar-refractivity contribution is 7.54. The van der Waals surface area contributed by atoms with Crippen molar-refractivity contribution < 1.29 is 34.0 Å². The molecule has 2 aromatic rings. The Kier molecular flexibility index (Phi) is 7.43. The number of hydrogen-bond acceptors (Lipinski definition) is 10. The van der Waals surface area contributed by atoms with E-state index in [1.165, 1.54) is 10.9 Å². The Labute approximate surface area is 196 Å². The number of imidazole rings is 1. The maximum absolute atomic E-state index is 12.9. The largest absolute Gasteiger partial charge is 0.388 e. The van der Waals surface area contributed by atoms with Crippen molar-refractivity contribution in [1.82, 2.24) is 19.5 Å². The maximum atomic E-state index is 12.9. The fourth-order valence-corrected chi connectivity index (χ4v) is 5.91. The topological polar surface area (TPSA) is 186 Å². The summed E-state index contributed by atoms with van der Waals surface area (Å²) in [5.74, 6) is -0.0937. The first-order chi connectivity index (χ1) is 15.3. The van der Waals surface area contributed by atoms with Gasteiger partial charge in [-0.25, -0.2) is 4.98 Å². The highest BCUT2D eigenvalue weighted by Crippen LogP contribution is 2.60. The fourth-order valence-electron chi connectivity index (χ4n) is 3.92. The van der Waals surface area contributed by atoms with Crippen LogP contribution in [0, 0.1) is 0 Å². The predicted molar refractivity (Wildman–Crippen MR) is 120 cm³/mol. The summed E-state index contributed by atoms with van der Waals surface area (Å²) in [5.41, 5.74) is 4.90. The van der Waals surface area contributed by atoms with Crippen LogP contribution < -0.4 is 5.73 Å². The zero-order chi connectivity index (χ0) is 24.8. The van der Waals surface area contributed by atoms with Crippen LogP contribution in [0.15, 0.2) is 6.33 Å². The van der Waals surface area contributed by atoms with Gasteiger partial charge in [-0.1, -0.05) is 32.4 Å². The average Bonchev–Trinajstić information content (AvgIpc) is 3.28. The molecule has 33 heavy (non-hydrogen) atoms. The van der Waals surface area contributed by atoms with Gasteiger partial charge in [0.25, 0.3) is 0 Å². The van der Waals surface area contributed by atoms with Gasteiger partial charge in [0.15, 0.2) is 22.4 Å². The lowest BCUT2D eigenvalue weighted by Crippen LogP contribution is -2.40. The molecule has 186 valence electrons. The molecule has 1 saturated heterocycles. The number of anilines is 1. The van der Waals surface area contributed by atoms with E-state index in [9.17, 15) is 24.8 Å². The Morgan fingerprint density at radius 3 is 2.45 bits per heavy atom. The number of nitrogens with zero attached hydrogens (tertiary/aromatic N) is 4. The number of nitrogens with two attached hydrogens (primary N) is 1. The number of aliphatic hydroxyl groups is 3. The van der Waals surface area contributed by atoms with Crippen molar-refractivity contribution in [2.75, 3.05) is 5.73 Å². The SMILES string of the molecule is CCC(C)(CC1O[C@@H](n2cnc3c(Cl)nc(N)nc32)[C@H](O)C1O)OP(=O)(O)C(O)(CC)CC. The molecule has 6 atom stereocenters. The molecule has 4 unspecified atom stereocenters. The molecule has 0 radical (unpaired) electrons. The highest BCUT2D eigenvalue weighted by Gasteiger charge is 2.51. The van der Waals surface area contributed by atoms with Crippen molar-refractivity contribution >= 4 is 36.3 Å². The predicted octanol–water partition coefficient (Wildman–Crippen LogP) is 1.95. The Hall–Kier alpha value is -1.37. The summed E-state index contributed by atoms with van der Waals surface area (Å²) in [7, 11) is -4.46. The molecular formula is C19H31ClN5O7P. The molecule has 1 fully saturated rings. The van der Waals surface area contributed by atoms with Crippen LogP contribution in [0.4, 0.5) is 5.95 Å². The number of aromatic nitrogens is 4. The molecule has 3 rings (SSSR count). The number of ether oxygens (including phenoxy) is 1. The van der Waals surface area contributed by atoms with Crippen LogP contribution in [-0.2, 0) is 13.8 Å². The van der Waals surface area contributed by atoms with Gasteiger partial charge in [-0.2, -0.15) is 9.97 Å². The van der Waals surface area contributed by atoms with Crippen molar-refractivity contribution in [3.63, 3.8) is 0 Å². The second-order valence-electron chi connectivity index (χ2n) is 8.55. The monoisotopic (exact) mass is 507 g/mol. The minimum Gasteiger partial charge on any atom is -0.388 e. The Bertz CT molecular complexity index is 1050. The van der Waals surface area contributed by atoms with Gasteiger partial charge in [0.1, 0.15) is 17.7 Å². The summed E-state index contributed by atoms with van der Waals surface area (Å²) >= 11 is 6.06. The number of nitrogen functional groups attached to an aromatic ring is 1. The lowest BCUT2D eigenvalue weighted by atomic mass is 9.93. The van der Waals surface area contributed by atoms with Crippen LogP contribution in [0.25, 0.3) is 11.2 Å². The molecule has 3 heterocycles. The van der Waals surface area contributed by atoms with Crippen LogP contribution in [0.3, 0.4) is 0 Å². The van der Waals surface area contributed by atoms with Gasteiger partial charge in [-0.3, -0.25) is 9.13 Å². The zero-order valence-electron chi connectivity index (χ0n) is 18.9. The van der Waals surface area contributed by atoms with Crippen LogP contribution in [0.1, 0.15) is 59.6 Å². The van der Waals surface area contributed by atoms with Gasteiger partial charge in [0, 0.05) is 6.42 Å². The Morgan fingerprint density at radius 1 is 1.24 bits per heavy atom. The van der Waals surface area contributed by atoms with E-state index in [0.717, 1.165) is 0 Å². The van der Waals surface area contributed by atoms with Crippen LogP contribution >= 0.6 is 19.2 Å². The highest BCUT2D eigenvalue weighted by atomic mass is 35.5.